The number of rotatable bonds is 5. The van der Waals surface area contributed by atoms with Crippen LogP contribution in [-0.2, 0) is 6.54 Å². The average molecular weight is 300 g/mol. The Morgan fingerprint density at radius 1 is 1.14 bits per heavy atom. The molecule has 0 aliphatic heterocycles. The molecule has 21 heavy (non-hydrogen) atoms. The highest BCUT2D eigenvalue weighted by molar-refractivity contribution is 7.21. The molecule has 1 N–H and O–H groups in total. The maximum Gasteiger partial charge on any atom is 0.163 e. The molecule has 1 aromatic carbocycles. The van der Waals surface area contributed by atoms with Gasteiger partial charge in [0.05, 0.1) is 16.8 Å². The fourth-order valence-electron chi connectivity index (χ4n) is 2.06. The zero-order valence-corrected chi connectivity index (χ0v) is 13.4. The van der Waals surface area contributed by atoms with E-state index in [4.69, 9.17) is 4.42 Å². The van der Waals surface area contributed by atoms with E-state index in [2.05, 4.69) is 37.1 Å². The van der Waals surface area contributed by atoms with Gasteiger partial charge in [-0.3, -0.25) is 0 Å². The van der Waals surface area contributed by atoms with Gasteiger partial charge < -0.3 is 9.73 Å². The second-order valence-electron chi connectivity index (χ2n) is 5.67. The van der Waals surface area contributed by atoms with Gasteiger partial charge in [-0.25, -0.2) is 4.98 Å². The van der Waals surface area contributed by atoms with Crippen molar-refractivity contribution in [3.8, 4) is 10.8 Å². The number of hydrogen-bond donors (Lipinski definition) is 1. The second-order valence-corrected chi connectivity index (χ2v) is 6.70. The lowest BCUT2D eigenvalue weighted by Crippen LogP contribution is -2.29. The summed E-state index contributed by atoms with van der Waals surface area (Å²) in [5, 5.41) is 4.42. The predicted molar refractivity (Wildman–Crippen MR) is 88.5 cm³/mol. The van der Waals surface area contributed by atoms with Crippen molar-refractivity contribution in [1.29, 1.82) is 0 Å². The molecule has 0 amide bonds. The Morgan fingerprint density at radius 3 is 2.71 bits per heavy atom. The number of nitrogens with one attached hydrogen (secondary N) is 1. The van der Waals surface area contributed by atoms with Gasteiger partial charge >= 0.3 is 0 Å². The Labute approximate surface area is 129 Å². The highest BCUT2D eigenvalue weighted by atomic mass is 32.1. The molecule has 0 aliphatic rings. The number of hydrogen-bond acceptors (Lipinski definition) is 4. The van der Waals surface area contributed by atoms with Crippen molar-refractivity contribution < 1.29 is 4.42 Å². The van der Waals surface area contributed by atoms with Gasteiger partial charge in [0.2, 0.25) is 0 Å². The van der Waals surface area contributed by atoms with Crippen LogP contribution in [0.15, 0.2) is 40.8 Å². The lowest BCUT2D eigenvalue weighted by atomic mass is 10.1. The molecular formula is C17H20N2OS. The minimum absolute atomic E-state index is 0.473. The smallest absolute Gasteiger partial charge is 0.163 e. The molecule has 0 fully saturated rings. The molecule has 0 bridgehead atoms. The number of fused-ring (bicyclic) bond motifs is 1. The Hall–Kier alpha value is -1.65. The molecule has 0 saturated carbocycles. The first-order valence-corrected chi connectivity index (χ1v) is 8.13. The SMILES string of the molecule is CC(C)C(C)NCc1ccc(-c2nc3ccccc3s2)o1. The van der Waals surface area contributed by atoms with Crippen LogP contribution in [0.2, 0.25) is 0 Å². The van der Waals surface area contributed by atoms with Crippen LogP contribution < -0.4 is 5.32 Å². The quantitative estimate of drug-likeness (QED) is 0.743. The van der Waals surface area contributed by atoms with Gasteiger partial charge in [0, 0.05) is 6.04 Å². The second kappa shape index (κ2) is 6.00. The van der Waals surface area contributed by atoms with Gasteiger partial charge in [-0.1, -0.05) is 26.0 Å². The summed E-state index contributed by atoms with van der Waals surface area (Å²) < 4.78 is 7.11. The third-order valence-corrected chi connectivity index (χ3v) is 4.82. The molecule has 110 valence electrons. The third-order valence-electron chi connectivity index (χ3n) is 3.76. The Morgan fingerprint density at radius 2 is 1.95 bits per heavy atom. The van der Waals surface area contributed by atoms with Gasteiger partial charge in [-0.2, -0.15) is 0 Å². The first-order chi connectivity index (χ1) is 10.1. The van der Waals surface area contributed by atoms with Crippen molar-refractivity contribution in [2.24, 2.45) is 5.92 Å². The standard InChI is InChI=1S/C17H20N2OS/c1-11(2)12(3)18-10-13-8-9-15(20-13)17-19-14-6-4-5-7-16(14)21-17/h4-9,11-12,18H,10H2,1-3H3. The van der Waals surface area contributed by atoms with Crippen LogP contribution in [0.25, 0.3) is 21.0 Å². The normalized spacial score (nSPS) is 13.1. The van der Waals surface area contributed by atoms with Crippen molar-refractivity contribution in [3.05, 3.63) is 42.2 Å². The first kappa shape index (κ1) is 14.3. The molecule has 3 rings (SSSR count). The van der Waals surface area contributed by atoms with E-state index in [9.17, 15) is 0 Å². The minimum Gasteiger partial charge on any atom is -0.457 e. The van der Waals surface area contributed by atoms with Crippen LogP contribution in [0.1, 0.15) is 26.5 Å². The molecule has 1 atom stereocenters. The fourth-order valence-corrected chi connectivity index (χ4v) is 2.99. The van der Waals surface area contributed by atoms with E-state index in [0.29, 0.717) is 12.0 Å². The van der Waals surface area contributed by atoms with E-state index in [-0.39, 0.29) is 0 Å². The number of nitrogens with zero attached hydrogens (tertiary/aromatic N) is 1. The monoisotopic (exact) mass is 300 g/mol. The van der Waals surface area contributed by atoms with Crippen LogP contribution >= 0.6 is 11.3 Å². The van der Waals surface area contributed by atoms with Crippen molar-refractivity contribution in [2.45, 2.75) is 33.4 Å². The molecule has 3 aromatic rings. The summed E-state index contributed by atoms with van der Waals surface area (Å²) in [6, 6.07) is 12.7. The van der Waals surface area contributed by atoms with Crippen LogP contribution in [0.3, 0.4) is 0 Å². The van der Waals surface area contributed by atoms with Crippen molar-refractivity contribution in [1.82, 2.24) is 10.3 Å². The largest absolute Gasteiger partial charge is 0.457 e. The molecule has 3 nitrogen and oxygen atoms in total. The number of para-hydroxylation sites is 1. The zero-order valence-electron chi connectivity index (χ0n) is 12.6. The van der Waals surface area contributed by atoms with Gasteiger partial charge in [0.1, 0.15) is 5.76 Å². The topological polar surface area (TPSA) is 38.1 Å². The summed E-state index contributed by atoms with van der Waals surface area (Å²) in [4.78, 5) is 4.62. The van der Waals surface area contributed by atoms with Crippen LogP contribution in [-0.4, -0.2) is 11.0 Å². The Balaban J connectivity index is 1.75. The number of furan rings is 1. The van der Waals surface area contributed by atoms with Gasteiger partial charge in [0.15, 0.2) is 10.8 Å². The molecular weight excluding hydrogens is 280 g/mol. The molecule has 2 heterocycles. The first-order valence-electron chi connectivity index (χ1n) is 7.31. The van der Waals surface area contributed by atoms with Crippen molar-refractivity contribution in [3.63, 3.8) is 0 Å². The summed E-state index contributed by atoms with van der Waals surface area (Å²) in [6.07, 6.45) is 0. The van der Waals surface area contributed by atoms with Gasteiger partial charge in [-0.05, 0) is 37.1 Å². The van der Waals surface area contributed by atoms with E-state index in [0.717, 1.165) is 28.6 Å². The molecule has 1 unspecified atom stereocenters. The van der Waals surface area contributed by atoms with Gasteiger partial charge in [-0.15, -0.1) is 11.3 Å². The molecule has 4 heteroatoms. The number of aromatic nitrogens is 1. The summed E-state index contributed by atoms with van der Waals surface area (Å²) in [5.41, 5.74) is 1.03. The summed E-state index contributed by atoms with van der Waals surface area (Å²) in [5.74, 6) is 2.42. The number of benzene rings is 1. The number of thiazole rings is 1. The lowest BCUT2D eigenvalue weighted by Gasteiger charge is -2.16. The van der Waals surface area contributed by atoms with Crippen LogP contribution in [0.4, 0.5) is 0 Å². The Kier molecular flexibility index (Phi) is 4.08. The van der Waals surface area contributed by atoms with E-state index < -0.39 is 0 Å². The molecule has 2 aromatic heterocycles. The lowest BCUT2D eigenvalue weighted by molar-refractivity contribution is 0.398. The highest BCUT2D eigenvalue weighted by Crippen LogP contribution is 2.31. The average Bonchev–Trinajstić information content (AvgIpc) is 3.10. The van der Waals surface area contributed by atoms with E-state index in [1.807, 2.05) is 30.3 Å². The molecule has 0 saturated heterocycles. The van der Waals surface area contributed by atoms with E-state index >= 15 is 0 Å². The molecule has 0 aliphatic carbocycles. The predicted octanol–water partition coefficient (Wildman–Crippen LogP) is 4.69. The van der Waals surface area contributed by atoms with E-state index in [1.165, 1.54) is 4.70 Å². The third kappa shape index (κ3) is 3.17. The molecule has 0 radical (unpaired) electrons. The van der Waals surface area contributed by atoms with Gasteiger partial charge in [0.25, 0.3) is 0 Å². The summed E-state index contributed by atoms with van der Waals surface area (Å²) in [6.45, 7) is 7.38. The van der Waals surface area contributed by atoms with Crippen LogP contribution in [0, 0.1) is 5.92 Å². The van der Waals surface area contributed by atoms with Crippen molar-refractivity contribution >= 4 is 21.6 Å². The fraction of sp³-hybridized carbons (Fsp3) is 0.353. The Bertz CT molecular complexity index is 696. The van der Waals surface area contributed by atoms with E-state index in [1.54, 1.807) is 11.3 Å². The minimum atomic E-state index is 0.473. The molecule has 0 spiro atoms. The maximum absolute atomic E-state index is 5.91. The summed E-state index contributed by atoms with van der Waals surface area (Å²) >= 11 is 1.67. The zero-order chi connectivity index (χ0) is 14.8. The van der Waals surface area contributed by atoms with Crippen molar-refractivity contribution in [2.75, 3.05) is 0 Å². The maximum atomic E-state index is 5.91. The van der Waals surface area contributed by atoms with Crippen LogP contribution in [0.5, 0.6) is 0 Å². The highest BCUT2D eigenvalue weighted by Gasteiger charge is 2.11. The summed E-state index contributed by atoms with van der Waals surface area (Å²) in [7, 11) is 0.